The number of nitrogens with zero attached hydrogens (tertiary/aromatic N) is 3. The summed E-state index contributed by atoms with van der Waals surface area (Å²) in [5.41, 5.74) is 1.00. The Morgan fingerprint density at radius 3 is 2.75 bits per heavy atom. The second kappa shape index (κ2) is 7.25. The van der Waals surface area contributed by atoms with Crippen LogP contribution in [-0.4, -0.2) is 35.1 Å². The first-order valence-corrected chi connectivity index (χ1v) is 7.96. The van der Waals surface area contributed by atoms with Crippen molar-refractivity contribution in [3.8, 4) is 0 Å². The minimum Gasteiger partial charge on any atom is -0.355 e. The molecular weight excluding hydrogens is 309 g/mol. The molecule has 0 radical (unpaired) electrons. The van der Waals surface area contributed by atoms with Gasteiger partial charge in [-0.05, 0) is 37.5 Å². The van der Waals surface area contributed by atoms with Crippen LogP contribution < -0.4 is 15.5 Å². The number of carbonyl (C=O) groups is 1. The molecular formula is C17H20FN5O. The van der Waals surface area contributed by atoms with Crippen molar-refractivity contribution in [2.24, 2.45) is 0 Å². The van der Waals surface area contributed by atoms with Gasteiger partial charge in [-0.2, -0.15) is 0 Å². The molecule has 1 aromatic heterocycles. The van der Waals surface area contributed by atoms with Gasteiger partial charge in [-0.15, -0.1) is 0 Å². The molecule has 6 nitrogen and oxygen atoms in total. The third kappa shape index (κ3) is 3.98. The van der Waals surface area contributed by atoms with E-state index in [1.54, 1.807) is 37.6 Å². The van der Waals surface area contributed by atoms with Crippen molar-refractivity contribution < 1.29 is 9.18 Å². The summed E-state index contributed by atoms with van der Waals surface area (Å²) in [7, 11) is 0. The Hall–Kier alpha value is -2.70. The molecule has 0 saturated carbocycles. The number of carbonyl (C=O) groups excluding carboxylic acids is 1. The zero-order valence-corrected chi connectivity index (χ0v) is 13.5. The third-order valence-electron chi connectivity index (χ3n) is 4.08. The van der Waals surface area contributed by atoms with Gasteiger partial charge in [-0.25, -0.2) is 14.2 Å². The van der Waals surface area contributed by atoms with Gasteiger partial charge in [0.05, 0.1) is 11.9 Å². The van der Waals surface area contributed by atoms with Crippen molar-refractivity contribution in [1.82, 2.24) is 15.3 Å². The molecule has 0 bridgehead atoms. The SMILES string of the molecule is Cc1ccc(NC(=O)NC2CCN(c3cnccn3)CC2)c(F)c1. The van der Waals surface area contributed by atoms with Gasteiger partial charge in [0.25, 0.3) is 0 Å². The molecule has 2 aromatic rings. The highest BCUT2D eigenvalue weighted by Gasteiger charge is 2.21. The standard InChI is InChI=1S/C17H20FN5O/c1-12-2-3-15(14(18)10-12)22-17(24)21-13-4-8-23(9-5-13)16-11-19-6-7-20-16/h2-3,6-7,10-11,13H,4-5,8-9H2,1H3,(H2,21,22,24). The lowest BCUT2D eigenvalue weighted by molar-refractivity contribution is 0.246. The van der Waals surface area contributed by atoms with Gasteiger partial charge in [0.15, 0.2) is 0 Å². The number of aromatic nitrogens is 2. The van der Waals surface area contributed by atoms with Crippen LogP contribution in [0.2, 0.25) is 0 Å². The summed E-state index contributed by atoms with van der Waals surface area (Å²) in [5, 5.41) is 5.47. The molecule has 24 heavy (non-hydrogen) atoms. The van der Waals surface area contributed by atoms with E-state index in [1.807, 2.05) is 0 Å². The summed E-state index contributed by atoms with van der Waals surface area (Å²) < 4.78 is 13.8. The highest BCUT2D eigenvalue weighted by molar-refractivity contribution is 5.89. The second-order valence-electron chi connectivity index (χ2n) is 5.91. The van der Waals surface area contributed by atoms with Gasteiger partial charge < -0.3 is 15.5 Å². The number of amides is 2. The van der Waals surface area contributed by atoms with Crippen LogP contribution in [0.4, 0.5) is 20.7 Å². The number of nitrogens with one attached hydrogen (secondary N) is 2. The van der Waals surface area contributed by atoms with Crippen molar-refractivity contribution in [2.75, 3.05) is 23.3 Å². The fraction of sp³-hybridized carbons (Fsp3) is 0.353. The fourth-order valence-electron chi connectivity index (χ4n) is 2.77. The van der Waals surface area contributed by atoms with Crippen LogP contribution in [0.5, 0.6) is 0 Å². The van der Waals surface area contributed by atoms with Crippen LogP contribution in [0.15, 0.2) is 36.8 Å². The van der Waals surface area contributed by atoms with E-state index in [-0.39, 0.29) is 17.8 Å². The number of aryl methyl sites for hydroxylation is 1. The van der Waals surface area contributed by atoms with Crippen LogP contribution in [0.1, 0.15) is 18.4 Å². The molecule has 0 unspecified atom stereocenters. The maximum atomic E-state index is 13.8. The molecule has 0 atom stereocenters. The van der Waals surface area contributed by atoms with E-state index in [1.165, 1.54) is 6.07 Å². The maximum Gasteiger partial charge on any atom is 0.319 e. The van der Waals surface area contributed by atoms with E-state index in [9.17, 15) is 9.18 Å². The average molecular weight is 329 g/mol. The molecule has 1 saturated heterocycles. The lowest BCUT2D eigenvalue weighted by Crippen LogP contribution is -2.46. The Labute approximate surface area is 140 Å². The molecule has 1 aliphatic rings. The lowest BCUT2D eigenvalue weighted by Gasteiger charge is -2.32. The number of hydrogen-bond acceptors (Lipinski definition) is 4. The van der Waals surface area contributed by atoms with Gasteiger partial charge in [0, 0.05) is 31.5 Å². The van der Waals surface area contributed by atoms with Gasteiger partial charge in [-0.3, -0.25) is 4.98 Å². The minimum absolute atomic E-state index is 0.0615. The van der Waals surface area contributed by atoms with E-state index in [0.717, 1.165) is 37.3 Å². The lowest BCUT2D eigenvalue weighted by atomic mass is 10.1. The van der Waals surface area contributed by atoms with Gasteiger partial charge in [0.2, 0.25) is 0 Å². The highest BCUT2D eigenvalue weighted by Crippen LogP contribution is 2.18. The smallest absolute Gasteiger partial charge is 0.319 e. The quantitative estimate of drug-likeness (QED) is 0.908. The Kier molecular flexibility index (Phi) is 4.88. The largest absolute Gasteiger partial charge is 0.355 e. The summed E-state index contributed by atoms with van der Waals surface area (Å²) in [6, 6.07) is 4.41. The highest BCUT2D eigenvalue weighted by atomic mass is 19.1. The molecule has 2 amide bonds. The number of halogens is 1. The molecule has 0 spiro atoms. The summed E-state index contributed by atoms with van der Waals surface area (Å²) in [6.45, 7) is 3.39. The van der Waals surface area contributed by atoms with Crippen molar-refractivity contribution in [1.29, 1.82) is 0 Å². The number of benzene rings is 1. The number of rotatable bonds is 3. The molecule has 2 N–H and O–H groups in total. The minimum atomic E-state index is -0.428. The number of urea groups is 1. The van der Waals surface area contributed by atoms with Crippen LogP contribution in [-0.2, 0) is 0 Å². The number of anilines is 2. The first kappa shape index (κ1) is 16.2. The van der Waals surface area contributed by atoms with E-state index >= 15 is 0 Å². The zero-order chi connectivity index (χ0) is 16.9. The summed E-state index contributed by atoms with van der Waals surface area (Å²) >= 11 is 0. The van der Waals surface area contributed by atoms with E-state index < -0.39 is 5.82 Å². The molecule has 3 rings (SSSR count). The Morgan fingerprint density at radius 1 is 1.29 bits per heavy atom. The Morgan fingerprint density at radius 2 is 2.08 bits per heavy atom. The maximum absolute atomic E-state index is 13.8. The second-order valence-corrected chi connectivity index (χ2v) is 5.91. The van der Waals surface area contributed by atoms with Crippen molar-refractivity contribution in [2.45, 2.75) is 25.8 Å². The molecule has 1 fully saturated rings. The number of hydrogen-bond donors (Lipinski definition) is 2. The predicted molar refractivity (Wildman–Crippen MR) is 90.6 cm³/mol. The van der Waals surface area contributed by atoms with E-state index in [4.69, 9.17) is 0 Å². The van der Waals surface area contributed by atoms with Gasteiger partial charge >= 0.3 is 6.03 Å². The Balaban J connectivity index is 1.50. The van der Waals surface area contributed by atoms with Crippen molar-refractivity contribution in [3.05, 3.63) is 48.2 Å². The molecule has 1 aromatic carbocycles. The van der Waals surface area contributed by atoms with Crippen molar-refractivity contribution >= 4 is 17.5 Å². The first-order chi connectivity index (χ1) is 11.6. The Bertz CT molecular complexity index is 701. The van der Waals surface area contributed by atoms with Crippen LogP contribution >= 0.6 is 0 Å². The summed E-state index contributed by atoms with van der Waals surface area (Å²) in [4.78, 5) is 22.5. The van der Waals surface area contributed by atoms with Crippen LogP contribution in [0, 0.1) is 12.7 Å². The number of piperidine rings is 1. The van der Waals surface area contributed by atoms with E-state index in [0.29, 0.717) is 0 Å². The fourth-order valence-corrected chi connectivity index (χ4v) is 2.77. The average Bonchev–Trinajstić information content (AvgIpc) is 2.59. The molecule has 1 aliphatic heterocycles. The van der Waals surface area contributed by atoms with Crippen LogP contribution in [0.25, 0.3) is 0 Å². The monoisotopic (exact) mass is 329 g/mol. The van der Waals surface area contributed by atoms with Gasteiger partial charge in [-0.1, -0.05) is 6.07 Å². The third-order valence-corrected chi connectivity index (χ3v) is 4.08. The first-order valence-electron chi connectivity index (χ1n) is 7.96. The summed E-state index contributed by atoms with van der Waals surface area (Å²) in [6.07, 6.45) is 6.66. The van der Waals surface area contributed by atoms with Gasteiger partial charge in [0.1, 0.15) is 11.6 Å². The van der Waals surface area contributed by atoms with E-state index in [2.05, 4.69) is 25.5 Å². The normalized spacial score (nSPS) is 15.2. The predicted octanol–water partition coefficient (Wildman–Crippen LogP) is 2.71. The zero-order valence-electron chi connectivity index (χ0n) is 13.5. The van der Waals surface area contributed by atoms with Crippen LogP contribution in [0.3, 0.4) is 0 Å². The topological polar surface area (TPSA) is 70.2 Å². The summed E-state index contributed by atoms with van der Waals surface area (Å²) in [5.74, 6) is 0.421. The van der Waals surface area contributed by atoms with Crippen molar-refractivity contribution in [3.63, 3.8) is 0 Å². The molecule has 0 aliphatic carbocycles. The molecule has 7 heteroatoms. The molecule has 2 heterocycles. The molecule has 126 valence electrons.